The van der Waals surface area contributed by atoms with Crippen LogP contribution < -0.4 is 0 Å². The van der Waals surface area contributed by atoms with Crippen LogP contribution in [0.2, 0.25) is 0 Å². The third-order valence-corrected chi connectivity index (χ3v) is 3.80. The van der Waals surface area contributed by atoms with E-state index in [1.807, 2.05) is 0 Å². The Kier molecular flexibility index (Phi) is 4.96. The highest BCUT2D eigenvalue weighted by atomic mass is 19.1. The van der Waals surface area contributed by atoms with E-state index < -0.39 is 11.8 Å². The monoisotopic (exact) mass is 360 g/mol. The molecule has 0 radical (unpaired) electrons. The molecule has 0 aliphatic rings. The van der Waals surface area contributed by atoms with E-state index in [0.717, 1.165) is 6.07 Å². The van der Waals surface area contributed by atoms with Crippen LogP contribution in [0.4, 0.5) is 4.39 Å². The standard InChI is InChI=1S/C20H13FN4O2/c1-2-27-20(26)18-10-19(14-5-3-4-13(8-14)11-22)25(24-18)16-6-7-17(21)15(9-16)12-23/h3-10H,2H2,1H3. The summed E-state index contributed by atoms with van der Waals surface area (Å²) in [5, 5.41) is 22.5. The van der Waals surface area contributed by atoms with Crippen molar-refractivity contribution in [1.82, 2.24) is 9.78 Å². The van der Waals surface area contributed by atoms with Crippen molar-refractivity contribution in [2.75, 3.05) is 6.61 Å². The van der Waals surface area contributed by atoms with Gasteiger partial charge in [-0.25, -0.2) is 13.9 Å². The lowest BCUT2D eigenvalue weighted by Gasteiger charge is -2.08. The lowest BCUT2D eigenvalue weighted by atomic mass is 10.1. The Labute approximate surface area is 154 Å². The molecule has 0 aliphatic carbocycles. The maximum atomic E-state index is 13.7. The minimum Gasteiger partial charge on any atom is -0.461 e. The number of rotatable bonds is 4. The number of benzene rings is 2. The van der Waals surface area contributed by atoms with Crippen LogP contribution in [0.3, 0.4) is 0 Å². The van der Waals surface area contributed by atoms with Crippen LogP contribution in [0.1, 0.15) is 28.5 Å². The van der Waals surface area contributed by atoms with E-state index in [2.05, 4.69) is 11.2 Å². The first kappa shape index (κ1) is 17.8. The number of nitrogens with zero attached hydrogens (tertiary/aromatic N) is 4. The van der Waals surface area contributed by atoms with Crippen molar-refractivity contribution in [3.05, 3.63) is 71.2 Å². The van der Waals surface area contributed by atoms with Crippen molar-refractivity contribution in [2.45, 2.75) is 6.92 Å². The van der Waals surface area contributed by atoms with E-state index in [1.165, 1.54) is 22.9 Å². The molecule has 27 heavy (non-hydrogen) atoms. The molecule has 0 bridgehead atoms. The quantitative estimate of drug-likeness (QED) is 0.663. The molecule has 3 aromatic rings. The smallest absolute Gasteiger partial charge is 0.358 e. The first-order chi connectivity index (χ1) is 13.1. The molecular weight excluding hydrogens is 347 g/mol. The van der Waals surface area contributed by atoms with Crippen molar-refractivity contribution < 1.29 is 13.9 Å². The number of aromatic nitrogens is 2. The van der Waals surface area contributed by atoms with Gasteiger partial charge in [-0.15, -0.1) is 0 Å². The van der Waals surface area contributed by atoms with E-state index in [9.17, 15) is 9.18 Å². The van der Waals surface area contributed by atoms with E-state index in [0.29, 0.717) is 22.5 Å². The average Bonchev–Trinajstić information content (AvgIpc) is 3.14. The number of hydrogen-bond acceptors (Lipinski definition) is 5. The Morgan fingerprint density at radius 3 is 2.70 bits per heavy atom. The summed E-state index contributed by atoms with van der Waals surface area (Å²) < 4.78 is 20.1. The zero-order chi connectivity index (χ0) is 19.4. The van der Waals surface area contributed by atoms with Crippen LogP contribution in [0.5, 0.6) is 0 Å². The van der Waals surface area contributed by atoms with Gasteiger partial charge in [0.05, 0.1) is 35.2 Å². The molecule has 0 aliphatic heterocycles. The molecule has 0 amide bonds. The lowest BCUT2D eigenvalue weighted by Crippen LogP contribution is -2.07. The molecule has 0 saturated heterocycles. The number of hydrogen-bond donors (Lipinski definition) is 0. The predicted molar refractivity (Wildman–Crippen MR) is 94.3 cm³/mol. The fraction of sp³-hybridized carbons (Fsp3) is 0.100. The number of ether oxygens (including phenoxy) is 1. The van der Waals surface area contributed by atoms with Gasteiger partial charge < -0.3 is 4.74 Å². The maximum absolute atomic E-state index is 13.7. The van der Waals surface area contributed by atoms with Gasteiger partial charge in [0.15, 0.2) is 5.69 Å². The molecule has 3 rings (SSSR count). The summed E-state index contributed by atoms with van der Waals surface area (Å²) in [6, 6.07) is 16.1. The summed E-state index contributed by atoms with van der Waals surface area (Å²) in [7, 11) is 0. The summed E-state index contributed by atoms with van der Waals surface area (Å²) in [6.07, 6.45) is 0. The van der Waals surface area contributed by atoms with Gasteiger partial charge in [0.1, 0.15) is 11.9 Å². The molecule has 0 saturated carbocycles. The van der Waals surface area contributed by atoms with Crippen LogP contribution >= 0.6 is 0 Å². The molecule has 0 atom stereocenters. The van der Waals surface area contributed by atoms with Crippen molar-refractivity contribution in [3.8, 4) is 29.1 Å². The van der Waals surface area contributed by atoms with Gasteiger partial charge in [-0.05, 0) is 43.3 Å². The minimum atomic E-state index is -0.646. The molecule has 0 spiro atoms. The second-order valence-corrected chi connectivity index (χ2v) is 5.52. The molecule has 7 heteroatoms. The summed E-state index contributed by atoms with van der Waals surface area (Å²) in [6.45, 7) is 1.88. The van der Waals surface area contributed by atoms with Crippen LogP contribution in [0.25, 0.3) is 16.9 Å². The Balaban J connectivity index is 2.21. The molecule has 2 aromatic carbocycles. The maximum Gasteiger partial charge on any atom is 0.358 e. The van der Waals surface area contributed by atoms with Crippen LogP contribution in [0.15, 0.2) is 48.5 Å². The van der Waals surface area contributed by atoms with E-state index in [-0.39, 0.29) is 17.9 Å². The molecule has 1 heterocycles. The van der Waals surface area contributed by atoms with Crippen LogP contribution in [-0.2, 0) is 4.74 Å². The zero-order valence-corrected chi connectivity index (χ0v) is 14.3. The fourth-order valence-corrected chi connectivity index (χ4v) is 2.57. The lowest BCUT2D eigenvalue weighted by molar-refractivity contribution is 0.0519. The summed E-state index contributed by atoms with van der Waals surface area (Å²) in [4.78, 5) is 12.1. The van der Waals surface area contributed by atoms with Crippen molar-refractivity contribution >= 4 is 5.97 Å². The van der Waals surface area contributed by atoms with Crippen LogP contribution in [-0.4, -0.2) is 22.4 Å². The largest absolute Gasteiger partial charge is 0.461 e. The highest BCUT2D eigenvalue weighted by Crippen LogP contribution is 2.26. The number of carbonyl (C=O) groups excluding carboxylic acids is 1. The van der Waals surface area contributed by atoms with Gasteiger partial charge in [-0.3, -0.25) is 0 Å². The van der Waals surface area contributed by atoms with Crippen molar-refractivity contribution in [2.24, 2.45) is 0 Å². The minimum absolute atomic E-state index is 0.0667. The Bertz CT molecular complexity index is 1110. The topological polar surface area (TPSA) is 91.7 Å². The van der Waals surface area contributed by atoms with Crippen molar-refractivity contribution in [3.63, 3.8) is 0 Å². The van der Waals surface area contributed by atoms with E-state index in [1.54, 1.807) is 37.3 Å². The van der Waals surface area contributed by atoms with Crippen LogP contribution in [0, 0.1) is 28.5 Å². The van der Waals surface area contributed by atoms with Crippen molar-refractivity contribution in [1.29, 1.82) is 10.5 Å². The molecule has 6 nitrogen and oxygen atoms in total. The Hall–Kier alpha value is -3.97. The highest BCUT2D eigenvalue weighted by Gasteiger charge is 2.18. The van der Waals surface area contributed by atoms with E-state index >= 15 is 0 Å². The molecule has 0 N–H and O–H groups in total. The van der Waals surface area contributed by atoms with E-state index in [4.69, 9.17) is 15.3 Å². The van der Waals surface area contributed by atoms with Gasteiger partial charge in [0.25, 0.3) is 0 Å². The second-order valence-electron chi connectivity index (χ2n) is 5.52. The molecule has 0 unspecified atom stereocenters. The number of halogens is 1. The molecule has 1 aromatic heterocycles. The molecule has 0 fully saturated rings. The summed E-state index contributed by atoms with van der Waals surface area (Å²) in [5.74, 6) is -1.25. The zero-order valence-electron chi connectivity index (χ0n) is 14.3. The highest BCUT2D eigenvalue weighted by molar-refractivity contribution is 5.89. The summed E-state index contributed by atoms with van der Waals surface area (Å²) >= 11 is 0. The number of nitriles is 2. The third-order valence-electron chi connectivity index (χ3n) is 3.80. The first-order valence-corrected chi connectivity index (χ1v) is 8.05. The fourth-order valence-electron chi connectivity index (χ4n) is 2.57. The summed E-state index contributed by atoms with van der Waals surface area (Å²) in [5.41, 5.74) is 1.91. The average molecular weight is 360 g/mol. The molecule has 132 valence electrons. The SMILES string of the molecule is CCOC(=O)c1cc(-c2cccc(C#N)c2)n(-c2ccc(F)c(C#N)c2)n1. The Morgan fingerprint density at radius 2 is 2.00 bits per heavy atom. The first-order valence-electron chi connectivity index (χ1n) is 8.05. The van der Waals surface area contributed by atoms with Gasteiger partial charge in [0, 0.05) is 5.56 Å². The van der Waals surface area contributed by atoms with Gasteiger partial charge in [-0.1, -0.05) is 12.1 Å². The number of esters is 1. The number of carbonyl (C=O) groups is 1. The van der Waals surface area contributed by atoms with Gasteiger partial charge >= 0.3 is 5.97 Å². The predicted octanol–water partition coefficient (Wildman–Crippen LogP) is 3.60. The normalized spacial score (nSPS) is 10.1. The second kappa shape index (κ2) is 7.51. The van der Waals surface area contributed by atoms with Gasteiger partial charge in [0.2, 0.25) is 0 Å². The Morgan fingerprint density at radius 1 is 1.19 bits per heavy atom. The third kappa shape index (κ3) is 3.53. The van der Waals surface area contributed by atoms with Gasteiger partial charge in [-0.2, -0.15) is 15.6 Å². The molecular formula is C20H13FN4O2.